The maximum atomic E-state index is 4.30. The third-order valence-electron chi connectivity index (χ3n) is 2.95. The quantitative estimate of drug-likeness (QED) is 0.626. The summed E-state index contributed by atoms with van der Waals surface area (Å²) in [5, 5.41) is 6.65. The van der Waals surface area contributed by atoms with Crippen molar-refractivity contribution in [3.8, 4) is 0 Å². The van der Waals surface area contributed by atoms with Crippen LogP contribution in [0.25, 0.3) is 0 Å². The number of aromatic nitrogens is 1. The zero-order valence-electron chi connectivity index (χ0n) is 12.6. The number of hydrogen-bond acceptors (Lipinski definition) is 3. The van der Waals surface area contributed by atoms with E-state index in [1.54, 1.807) is 7.05 Å². The van der Waals surface area contributed by atoms with Crippen LogP contribution in [0.5, 0.6) is 0 Å². The number of hydrogen-bond donors (Lipinski definition) is 2. The first-order chi connectivity index (χ1) is 9.06. The Bertz CT molecular complexity index is 414. The predicted molar refractivity (Wildman–Crippen MR) is 81.7 cm³/mol. The fraction of sp³-hybridized carbons (Fsp3) is 0.571. The molecule has 0 aliphatic carbocycles. The van der Waals surface area contributed by atoms with Gasteiger partial charge in [0.25, 0.3) is 0 Å². The van der Waals surface area contributed by atoms with E-state index in [0.717, 1.165) is 24.7 Å². The van der Waals surface area contributed by atoms with Crippen molar-refractivity contribution >= 4 is 11.8 Å². The number of nitrogens with zero attached hydrogens (tertiary/aromatic N) is 3. The van der Waals surface area contributed by atoms with Gasteiger partial charge in [0, 0.05) is 39.9 Å². The van der Waals surface area contributed by atoms with Crippen molar-refractivity contribution < 1.29 is 0 Å². The van der Waals surface area contributed by atoms with Crippen LogP contribution < -0.4 is 15.5 Å². The van der Waals surface area contributed by atoms with Crippen LogP contribution in [0.15, 0.2) is 23.3 Å². The molecule has 0 radical (unpaired) electrons. The molecular formula is C14H25N5. The molecule has 0 aliphatic heterocycles. The molecule has 5 heteroatoms. The van der Waals surface area contributed by atoms with Gasteiger partial charge in [-0.2, -0.15) is 0 Å². The highest BCUT2D eigenvalue weighted by atomic mass is 15.2. The molecule has 0 bridgehead atoms. The molecule has 0 aromatic carbocycles. The Labute approximate surface area is 116 Å². The molecule has 1 atom stereocenters. The van der Waals surface area contributed by atoms with Crippen LogP contribution in [0.3, 0.4) is 0 Å². The normalized spacial score (nSPS) is 13.0. The van der Waals surface area contributed by atoms with Crippen molar-refractivity contribution in [2.75, 3.05) is 26.0 Å². The van der Waals surface area contributed by atoms with Crippen molar-refractivity contribution in [2.24, 2.45) is 4.99 Å². The smallest absolute Gasteiger partial charge is 0.191 e. The molecule has 0 aliphatic rings. The molecule has 106 valence electrons. The van der Waals surface area contributed by atoms with Crippen molar-refractivity contribution in [3.63, 3.8) is 0 Å². The minimum Gasteiger partial charge on any atom is -0.363 e. The van der Waals surface area contributed by atoms with Gasteiger partial charge in [0.1, 0.15) is 5.82 Å². The van der Waals surface area contributed by atoms with Gasteiger partial charge in [-0.1, -0.05) is 6.92 Å². The average molecular weight is 263 g/mol. The van der Waals surface area contributed by atoms with E-state index in [4.69, 9.17) is 0 Å². The predicted octanol–water partition coefficient (Wildman–Crippen LogP) is 1.61. The first-order valence-electron chi connectivity index (χ1n) is 6.66. The van der Waals surface area contributed by atoms with Crippen molar-refractivity contribution in [1.82, 2.24) is 15.6 Å². The molecule has 1 aromatic heterocycles. The van der Waals surface area contributed by atoms with Crippen molar-refractivity contribution in [2.45, 2.75) is 32.9 Å². The number of pyridine rings is 1. The molecule has 1 heterocycles. The van der Waals surface area contributed by atoms with E-state index in [2.05, 4.69) is 40.5 Å². The van der Waals surface area contributed by atoms with E-state index in [9.17, 15) is 0 Å². The fourth-order valence-corrected chi connectivity index (χ4v) is 1.53. The Morgan fingerprint density at radius 2 is 2.21 bits per heavy atom. The Balaban J connectivity index is 2.58. The molecule has 5 nitrogen and oxygen atoms in total. The van der Waals surface area contributed by atoms with Gasteiger partial charge in [-0.05, 0) is 31.0 Å². The molecule has 0 spiro atoms. The Hall–Kier alpha value is -1.78. The first-order valence-corrected chi connectivity index (χ1v) is 6.66. The van der Waals surface area contributed by atoms with Crippen molar-refractivity contribution in [1.29, 1.82) is 0 Å². The standard InChI is InChI=1S/C14H25N5/c1-6-11(2)18-14(15-3)17-10-12-7-8-16-13(9-12)19(4)5/h7-9,11H,6,10H2,1-5H3,(H2,15,17,18). The summed E-state index contributed by atoms with van der Waals surface area (Å²) >= 11 is 0. The topological polar surface area (TPSA) is 52.6 Å². The van der Waals surface area contributed by atoms with E-state index in [-0.39, 0.29) is 0 Å². The van der Waals surface area contributed by atoms with Crippen LogP contribution in [0.1, 0.15) is 25.8 Å². The maximum absolute atomic E-state index is 4.30. The van der Waals surface area contributed by atoms with Gasteiger partial charge in [-0.3, -0.25) is 4.99 Å². The van der Waals surface area contributed by atoms with Crippen LogP contribution in [0, 0.1) is 0 Å². The second-order valence-corrected chi connectivity index (χ2v) is 4.80. The Morgan fingerprint density at radius 1 is 1.47 bits per heavy atom. The van der Waals surface area contributed by atoms with Gasteiger partial charge in [-0.15, -0.1) is 0 Å². The van der Waals surface area contributed by atoms with E-state index < -0.39 is 0 Å². The minimum atomic E-state index is 0.418. The molecule has 1 rings (SSSR count). The van der Waals surface area contributed by atoms with E-state index in [0.29, 0.717) is 6.04 Å². The summed E-state index contributed by atoms with van der Waals surface area (Å²) in [4.78, 5) is 10.5. The van der Waals surface area contributed by atoms with E-state index >= 15 is 0 Å². The number of guanidine groups is 1. The SMILES string of the molecule is CCC(C)NC(=NC)NCc1ccnc(N(C)C)c1. The van der Waals surface area contributed by atoms with E-state index in [1.165, 1.54) is 5.56 Å². The monoisotopic (exact) mass is 263 g/mol. The highest BCUT2D eigenvalue weighted by Gasteiger charge is 2.03. The maximum Gasteiger partial charge on any atom is 0.191 e. The summed E-state index contributed by atoms with van der Waals surface area (Å²) in [7, 11) is 5.77. The van der Waals surface area contributed by atoms with Crippen LogP contribution in [0.2, 0.25) is 0 Å². The summed E-state index contributed by atoms with van der Waals surface area (Å²) < 4.78 is 0. The van der Waals surface area contributed by atoms with E-state index in [1.807, 2.05) is 31.3 Å². The molecular weight excluding hydrogens is 238 g/mol. The molecule has 0 fully saturated rings. The highest BCUT2D eigenvalue weighted by Crippen LogP contribution is 2.09. The van der Waals surface area contributed by atoms with Gasteiger partial charge in [-0.25, -0.2) is 4.98 Å². The van der Waals surface area contributed by atoms with Crippen LogP contribution >= 0.6 is 0 Å². The summed E-state index contributed by atoms with van der Waals surface area (Å²) in [6.45, 7) is 5.03. The minimum absolute atomic E-state index is 0.418. The van der Waals surface area contributed by atoms with Gasteiger partial charge in [0.2, 0.25) is 0 Å². The zero-order chi connectivity index (χ0) is 14.3. The largest absolute Gasteiger partial charge is 0.363 e. The summed E-state index contributed by atoms with van der Waals surface area (Å²) in [6, 6.07) is 4.50. The Kier molecular flexibility index (Phi) is 6.12. The van der Waals surface area contributed by atoms with Gasteiger partial charge in [0.15, 0.2) is 5.96 Å². The summed E-state index contributed by atoms with van der Waals surface area (Å²) in [6.07, 6.45) is 2.90. The lowest BCUT2D eigenvalue weighted by Gasteiger charge is -2.17. The van der Waals surface area contributed by atoms with Crippen LogP contribution in [-0.2, 0) is 6.54 Å². The molecule has 0 amide bonds. The molecule has 19 heavy (non-hydrogen) atoms. The van der Waals surface area contributed by atoms with Crippen molar-refractivity contribution in [3.05, 3.63) is 23.9 Å². The van der Waals surface area contributed by atoms with Gasteiger partial charge < -0.3 is 15.5 Å². The lowest BCUT2D eigenvalue weighted by molar-refractivity contribution is 0.624. The first kappa shape index (κ1) is 15.3. The second-order valence-electron chi connectivity index (χ2n) is 4.80. The van der Waals surface area contributed by atoms with Crippen LogP contribution in [0.4, 0.5) is 5.82 Å². The fourth-order valence-electron chi connectivity index (χ4n) is 1.53. The zero-order valence-corrected chi connectivity index (χ0v) is 12.6. The summed E-state index contributed by atoms with van der Waals surface area (Å²) in [5.41, 5.74) is 1.19. The van der Waals surface area contributed by atoms with Gasteiger partial charge in [0.05, 0.1) is 0 Å². The lowest BCUT2D eigenvalue weighted by atomic mass is 10.2. The number of anilines is 1. The molecule has 0 saturated carbocycles. The Morgan fingerprint density at radius 3 is 2.79 bits per heavy atom. The number of nitrogens with one attached hydrogen (secondary N) is 2. The van der Waals surface area contributed by atoms with Gasteiger partial charge >= 0.3 is 0 Å². The highest BCUT2D eigenvalue weighted by molar-refractivity contribution is 5.79. The molecule has 1 aromatic rings. The average Bonchev–Trinajstić information content (AvgIpc) is 2.43. The third kappa shape index (κ3) is 5.16. The summed E-state index contributed by atoms with van der Waals surface area (Å²) in [5.74, 6) is 1.79. The number of rotatable bonds is 5. The lowest BCUT2D eigenvalue weighted by Crippen LogP contribution is -2.41. The molecule has 0 saturated heterocycles. The third-order valence-corrected chi connectivity index (χ3v) is 2.95. The molecule has 2 N–H and O–H groups in total. The second kappa shape index (κ2) is 7.61. The van der Waals surface area contributed by atoms with Crippen LogP contribution in [-0.4, -0.2) is 38.1 Å². The molecule has 1 unspecified atom stereocenters. The number of aliphatic imine (C=N–C) groups is 1.